The summed E-state index contributed by atoms with van der Waals surface area (Å²) in [5.74, 6) is 1.02. The molecule has 5 heteroatoms. The van der Waals surface area contributed by atoms with E-state index in [4.69, 9.17) is 21.1 Å². The zero-order chi connectivity index (χ0) is 20.1. The van der Waals surface area contributed by atoms with Crippen molar-refractivity contribution in [3.05, 3.63) is 88.4 Å². The molecular weight excluding hydrogens is 376 g/mol. The summed E-state index contributed by atoms with van der Waals surface area (Å²) in [6, 6.07) is 19.6. The van der Waals surface area contributed by atoms with Gasteiger partial charge in [-0.3, -0.25) is 0 Å². The molecule has 0 aliphatic carbocycles. The zero-order valence-corrected chi connectivity index (χ0v) is 16.2. The van der Waals surface area contributed by atoms with E-state index in [0.717, 1.165) is 11.1 Å². The standard InChI is InChI=1S/C23H19ClO4/c1-15-13-20(11-12-22(15)24)28-19-7-3-16(4-8-19)14-21(23(25)26)17-5-9-18(27-2)10-6-17/h3-14H,1-2H3,(H,25,26)/b21-14+. The van der Waals surface area contributed by atoms with Crippen LogP contribution in [0.2, 0.25) is 5.02 Å². The van der Waals surface area contributed by atoms with Crippen molar-refractivity contribution in [3.63, 3.8) is 0 Å². The number of methoxy groups -OCH3 is 1. The van der Waals surface area contributed by atoms with E-state index in [1.165, 1.54) is 0 Å². The van der Waals surface area contributed by atoms with Crippen LogP contribution in [0.4, 0.5) is 0 Å². The van der Waals surface area contributed by atoms with Gasteiger partial charge in [0.2, 0.25) is 0 Å². The summed E-state index contributed by atoms with van der Waals surface area (Å²) < 4.78 is 10.9. The minimum atomic E-state index is -0.998. The quantitative estimate of drug-likeness (QED) is 0.407. The number of hydrogen-bond donors (Lipinski definition) is 1. The van der Waals surface area contributed by atoms with Crippen LogP contribution in [0.3, 0.4) is 0 Å². The molecule has 0 radical (unpaired) electrons. The van der Waals surface area contributed by atoms with Crippen molar-refractivity contribution in [2.75, 3.05) is 7.11 Å². The smallest absolute Gasteiger partial charge is 0.336 e. The third-order valence-electron chi connectivity index (χ3n) is 4.19. The van der Waals surface area contributed by atoms with Crippen molar-refractivity contribution in [2.24, 2.45) is 0 Å². The van der Waals surface area contributed by atoms with Crippen molar-refractivity contribution in [3.8, 4) is 17.2 Å². The summed E-state index contributed by atoms with van der Waals surface area (Å²) in [6.07, 6.45) is 1.63. The second kappa shape index (κ2) is 8.63. The van der Waals surface area contributed by atoms with Crippen LogP contribution >= 0.6 is 11.6 Å². The lowest BCUT2D eigenvalue weighted by Crippen LogP contribution is -1.99. The molecule has 3 aromatic rings. The molecule has 0 aliphatic rings. The Morgan fingerprint density at radius 3 is 2.11 bits per heavy atom. The number of carboxylic acids is 1. The van der Waals surface area contributed by atoms with Crippen LogP contribution in [0.25, 0.3) is 11.6 Å². The molecule has 1 N–H and O–H groups in total. The number of halogens is 1. The molecule has 0 saturated heterocycles. The van der Waals surface area contributed by atoms with Gasteiger partial charge in [0.15, 0.2) is 0 Å². The Kier molecular flexibility index (Phi) is 6.02. The van der Waals surface area contributed by atoms with Gasteiger partial charge in [-0.2, -0.15) is 0 Å². The van der Waals surface area contributed by atoms with Crippen LogP contribution in [0.1, 0.15) is 16.7 Å². The summed E-state index contributed by atoms with van der Waals surface area (Å²) in [5, 5.41) is 10.3. The van der Waals surface area contributed by atoms with Gasteiger partial charge in [-0.05, 0) is 72.2 Å². The van der Waals surface area contributed by atoms with Crippen molar-refractivity contribution in [1.29, 1.82) is 0 Å². The van der Waals surface area contributed by atoms with Crippen LogP contribution < -0.4 is 9.47 Å². The second-order valence-corrected chi connectivity index (χ2v) is 6.58. The van der Waals surface area contributed by atoms with E-state index in [2.05, 4.69) is 0 Å². The molecule has 0 fully saturated rings. The SMILES string of the molecule is COc1ccc(/C(=C\c2ccc(Oc3ccc(Cl)c(C)c3)cc2)C(=O)O)cc1. The number of ether oxygens (including phenoxy) is 2. The van der Waals surface area contributed by atoms with E-state index < -0.39 is 5.97 Å². The normalized spacial score (nSPS) is 11.2. The lowest BCUT2D eigenvalue weighted by molar-refractivity contribution is -0.130. The Morgan fingerprint density at radius 1 is 0.929 bits per heavy atom. The Labute approximate surface area is 168 Å². The zero-order valence-electron chi connectivity index (χ0n) is 15.5. The molecule has 0 heterocycles. The highest BCUT2D eigenvalue weighted by atomic mass is 35.5. The fourth-order valence-corrected chi connectivity index (χ4v) is 2.77. The van der Waals surface area contributed by atoms with Gasteiger partial charge in [0.05, 0.1) is 12.7 Å². The van der Waals surface area contributed by atoms with Crippen molar-refractivity contribution in [2.45, 2.75) is 6.92 Å². The van der Waals surface area contributed by atoms with Gasteiger partial charge in [0.1, 0.15) is 17.2 Å². The number of aliphatic carboxylic acids is 1. The van der Waals surface area contributed by atoms with E-state index in [9.17, 15) is 9.90 Å². The monoisotopic (exact) mass is 394 g/mol. The highest BCUT2D eigenvalue weighted by Crippen LogP contribution is 2.27. The summed E-state index contributed by atoms with van der Waals surface area (Å²) in [4.78, 5) is 11.7. The van der Waals surface area contributed by atoms with Gasteiger partial charge in [-0.25, -0.2) is 4.79 Å². The number of carbonyl (C=O) groups is 1. The number of carboxylic acid groups (broad SMARTS) is 1. The molecule has 3 rings (SSSR count). The minimum absolute atomic E-state index is 0.199. The lowest BCUT2D eigenvalue weighted by atomic mass is 10.0. The van der Waals surface area contributed by atoms with E-state index in [0.29, 0.717) is 27.8 Å². The average Bonchev–Trinajstić information content (AvgIpc) is 2.70. The Morgan fingerprint density at radius 2 is 1.54 bits per heavy atom. The number of benzene rings is 3. The molecule has 0 spiro atoms. The third kappa shape index (κ3) is 4.72. The fraction of sp³-hybridized carbons (Fsp3) is 0.0870. The molecular formula is C23H19ClO4. The maximum absolute atomic E-state index is 11.7. The van der Waals surface area contributed by atoms with Gasteiger partial charge >= 0.3 is 5.97 Å². The lowest BCUT2D eigenvalue weighted by Gasteiger charge is -2.08. The van der Waals surface area contributed by atoms with E-state index in [1.54, 1.807) is 61.7 Å². The molecule has 142 valence electrons. The molecule has 0 unspecified atom stereocenters. The van der Waals surface area contributed by atoms with Crippen LogP contribution in [-0.4, -0.2) is 18.2 Å². The highest BCUT2D eigenvalue weighted by molar-refractivity contribution is 6.31. The second-order valence-electron chi connectivity index (χ2n) is 6.17. The first-order valence-corrected chi connectivity index (χ1v) is 8.97. The molecule has 0 saturated carbocycles. The number of hydrogen-bond acceptors (Lipinski definition) is 3. The van der Waals surface area contributed by atoms with Crippen LogP contribution in [-0.2, 0) is 4.79 Å². The fourth-order valence-electron chi connectivity index (χ4n) is 2.65. The summed E-state index contributed by atoms with van der Waals surface area (Å²) >= 11 is 6.03. The van der Waals surface area contributed by atoms with Crippen LogP contribution in [0.5, 0.6) is 17.2 Å². The molecule has 4 nitrogen and oxygen atoms in total. The highest BCUT2D eigenvalue weighted by Gasteiger charge is 2.11. The van der Waals surface area contributed by atoms with Gasteiger partial charge < -0.3 is 14.6 Å². The van der Waals surface area contributed by atoms with Gasteiger partial charge in [-0.15, -0.1) is 0 Å². The van der Waals surface area contributed by atoms with Crippen molar-refractivity contribution >= 4 is 29.2 Å². The Hall–Kier alpha value is -3.24. The molecule has 0 amide bonds. The van der Waals surface area contributed by atoms with Crippen LogP contribution in [0.15, 0.2) is 66.7 Å². The largest absolute Gasteiger partial charge is 0.497 e. The van der Waals surface area contributed by atoms with Gasteiger partial charge in [0.25, 0.3) is 0 Å². The maximum Gasteiger partial charge on any atom is 0.336 e. The molecule has 0 atom stereocenters. The first-order valence-electron chi connectivity index (χ1n) is 8.60. The summed E-state index contributed by atoms with van der Waals surface area (Å²) in [5.41, 5.74) is 2.49. The molecule has 3 aromatic carbocycles. The Bertz CT molecular complexity index is 1010. The molecule has 28 heavy (non-hydrogen) atoms. The summed E-state index contributed by atoms with van der Waals surface area (Å²) in [6.45, 7) is 1.91. The first-order chi connectivity index (χ1) is 13.5. The van der Waals surface area contributed by atoms with E-state index in [-0.39, 0.29) is 5.57 Å². The summed E-state index contributed by atoms with van der Waals surface area (Å²) in [7, 11) is 1.57. The van der Waals surface area contributed by atoms with E-state index >= 15 is 0 Å². The topological polar surface area (TPSA) is 55.8 Å². The Balaban J connectivity index is 1.81. The molecule has 0 aliphatic heterocycles. The van der Waals surface area contributed by atoms with Crippen LogP contribution in [0, 0.1) is 6.92 Å². The van der Waals surface area contributed by atoms with Gasteiger partial charge in [0, 0.05) is 5.02 Å². The van der Waals surface area contributed by atoms with E-state index in [1.807, 2.05) is 25.1 Å². The van der Waals surface area contributed by atoms with Crippen molar-refractivity contribution in [1.82, 2.24) is 0 Å². The predicted molar refractivity (Wildman–Crippen MR) is 111 cm³/mol. The number of aryl methyl sites for hydroxylation is 1. The molecule has 0 bridgehead atoms. The average molecular weight is 395 g/mol. The predicted octanol–water partition coefficient (Wildman–Crippen LogP) is 6.07. The maximum atomic E-state index is 11.7. The van der Waals surface area contributed by atoms with Crippen molar-refractivity contribution < 1.29 is 19.4 Å². The number of rotatable bonds is 6. The third-order valence-corrected chi connectivity index (χ3v) is 4.61. The first kappa shape index (κ1) is 19.5. The minimum Gasteiger partial charge on any atom is -0.497 e. The van der Waals surface area contributed by atoms with Gasteiger partial charge in [-0.1, -0.05) is 35.9 Å². The molecule has 0 aromatic heterocycles.